The Morgan fingerprint density at radius 3 is 2.31 bits per heavy atom. The Morgan fingerprint density at radius 1 is 1.04 bits per heavy atom. The molecule has 1 aliphatic rings. The molecule has 0 N–H and O–H groups in total. The molecule has 0 spiro atoms. The first kappa shape index (κ1) is 18.8. The lowest BCUT2D eigenvalue weighted by atomic mass is 10.00. The van der Waals surface area contributed by atoms with Gasteiger partial charge in [-0.25, -0.2) is 8.42 Å². The van der Waals surface area contributed by atoms with Crippen molar-refractivity contribution in [3.8, 4) is 0 Å². The average molecular weight is 372 g/mol. The van der Waals surface area contributed by atoms with Crippen molar-refractivity contribution in [1.29, 1.82) is 0 Å². The van der Waals surface area contributed by atoms with E-state index in [-0.39, 0.29) is 12.3 Å². The number of rotatable bonds is 5. The van der Waals surface area contributed by atoms with Crippen LogP contribution in [-0.4, -0.2) is 37.9 Å². The van der Waals surface area contributed by atoms with Crippen LogP contribution < -0.4 is 0 Å². The Kier molecular flexibility index (Phi) is 5.30. The minimum absolute atomic E-state index is 0.178. The Hall–Kier alpha value is -1.98. The molecule has 0 unspecified atom stereocenters. The first-order valence-corrected chi connectivity index (χ1v) is 10.5. The summed E-state index contributed by atoms with van der Waals surface area (Å²) < 4.78 is 25.6. The summed E-state index contributed by atoms with van der Waals surface area (Å²) in [5, 5.41) is 0. The number of nitrogens with zero attached hydrogens (tertiary/aromatic N) is 1. The van der Waals surface area contributed by atoms with Gasteiger partial charge in [0.15, 0.2) is 15.6 Å². The smallest absolute Gasteiger partial charge is 0.186 e. The molecule has 26 heavy (non-hydrogen) atoms. The summed E-state index contributed by atoms with van der Waals surface area (Å²) in [6.45, 7) is 7.18. The van der Waals surface area contributed by atoms with E-state index in [4.69, 9.17) is 0 Å². The molecular weight excluding hydrogens is 346 g/mol. The molecule has 3 rings (SSSR count). The van der Waals surface area contributed by atoms with E-state index in [1.807, 2.05) is 36.1 Å². The molecule has 0 aliphatic carbocycles. The van der Waals surface area contributed by atoms with Gasteiger partial charge in [-0.1, -0.05) is 42.0 Å². The number of benzene rings is 2. The first-order valence-electron chi connectivity index (χ1n) is 8.88. The Labute approximate surface area is 155 Å². The summed E-state index contributed by atoms with van der Waals surface area (Å²) in [5.41, 5.74) is 4.98. The zero-order valence-electron chi connectivity index (χ0n) is 15.6. The molecule has 0 saturated heterocycles. The Balaban J connectivity index is 1.70. The molecule has 1 aliphatic heterocycles. The van der Waals surface area contributed by atoms with Gasteiger partial charge in [0.25, 0.3) is 0 Å². The molecule has 0 bridgehead atoms. The SMILES string of the molecule is Cc1cc(C)c(S(=O)(=O)CC(=O)CN2CCc3ccccc3C2)c(C)c1. The summed E-state index contributed by atoms with van der Waals surface area (Å²) in [7, 11) is -3.63. The first-order chi connectivity index (χ1) is 12.3. The third-order valence-corrected chi connectivity index (χ3v) is 6.84. The van der Waals surface area contributed by atoms with Crippen LogP contribution in [0, 0.1) is 20.8 Å². The van der Waals surface area contributed by atoms with Crippen LogP contribution in [0.25, 0.3) is 0 Å². The molecule has 0 atom stereocenters. The van der Waals surface area contributed by atoms with Gasteiger partial charge in [0.05, 0.1) is 11.4 Å². The Bertz CT molecular complexity index is 924. The molecule has 0 radical (unpaired) electrons. The highest BCUT2D eigenvalue weighted by atomic mass is 32.2. The summed E-state index contributed by atoms with van der Waals surface area (Å²) in [6, 6.07) is 11.9. The second-order valence-corrected chi connectivity index (χ2v) is 9.18. The molecular formula is C21H25NO3S. The lowest BCUT2D eigenvalue weighted by Crippen LogP contribution is -2.37. The zero-order chi connectivity index (χ0) is 18.9. The number of carbonyl (C=O) groups excluding carboxylic acids is 1. The van der Waals surface area contributed by atoms with Crippen molar-refractivity contribution in [1.82, 2.24) is 4.90 Å². The molecule has 4 nitrogen and oxygen atoms in total. The third kappa shape index (κ3) is 4.05. The molecule has 0 aromatic heterocycles. The number of fused-ring (bicyclic) bond motifs is 1. The molecule has 5 heteroatoms. The predicted molar refractivity (Wildman–Crippen MR) is 103 cm³/mol. The van der Waals surface area contributed by atoms with Gasteiger partial charge < -0.3 is 0 Å². The fraction of sp³-hybridized carbons (Fsp3) is 0.381. The van der Waals surface area contributed by atoms with Crippen LogP contribution in [0.4, 0.5) is 0 Å². The highest BCUT2D eigenvalue weighted by molar-refractivity contribution is 7.92. The van der Waals surface area contributed by atoms with Gasteiger partial charge >= 0.3 is 0 Å². The monoisotopic (exact) mass is 371 g/mol. The van der Waals surface area contributed by atoms with Crippen LogP contribution in [0.5, 0.6) is 0 Å². The second kappa shape index (κ2) is 7.33. The maximum atomic E-state index is 12.8. The molecule has 0 fully saturated rings. The number of sulfone groups is 1. The van der Waals surface area contributed by atoms with Gasteiger partial charge in [0, 0.05) is 13.1 Å². The van der Waals surface area contributed by atoms with Crippen molar-refractivity contribution in [3.05, 3.63) is 64.2 Å². The maximum Gasteiger partial charge on any atom is 0.186 e. The quantitative estimate of drug-likeness (QED) is 0.811. The number of carbonyl (C=O) groups is 1. The number of hydrogen-bond acceptors (Lipinski definition) is 4. The van der Waals surface area contributed by atoms with Crippen LogP contribution in [-0.2, 0) is 27.6 Å². The van der Waals surface area contributed by atoms with E-state index < -0.39 is 15.6 Å². The molecule has 138 valence electrons. The van der Waals surface area contributed by atoms with E-state index in [0.717, 1.165) is 18.5 Å². The minimum atomic E-state index is -3.63. The van der Waals surface area contributed by atoms with E-state index >= 15 is 0 Å². The van der Waals surface area contributed by atoms with E-state index in [0.29, 0.717) is 22.6 Å². The zero-order valence-corrected chi connectivity index (χ0v) is 16.4. The fourth-order valence-electron chi connectivity index (χ4n) is 3.93. The van der Waals surface area contributed by atoms with Crippen molar-refractivity contribution in [2.75, 3.05) is 18.8 Å². The Morgan fingerprint density at radius 2 is 1.65 bits per heavy atom. The van der Waals surface area contributed by atoms with Crippen molar-refractivity contribution < 1.29 is 13.2 Å². The third-order valence-electron chi connectivity index (χ3n) is 4.88. The summed E-state index contributed by atoms with van der Waals surface area (Å²) in [5.74, 6) is -0.681. The molecule has 0 amide bonds. The van der Waals surface area contributed by atoms with Gasteiger partial charge in [-0.15, -0.1) is 0 Å². The molecule has 1 heterocycles. The molecule has 2 aromatic rings. The van der Waals surface area contributed by atoms with E-state index in [1.54, 1.807) is 13.8 Å². The van der Waals surface area contributed by atoms with Crippen molar-refractivity contribution >= 4 is 15.6 Å². The normalized spacial score (nSPS) is 14.9. The van der Waals surface area contributed by atoms with Crippen molar-refractivity contribution in [2.24, 2.45) is 0 Å². The minimum Gasteiger partial charge on any atom is -0.297 e. The summed E-state index contributed by atoms with van der Waals surface area (Å²) >= 11 is 0. The van der Waals surface area contributed by atoms with Crippen LogP contribution in [0.3, 0.4) is 0 Å². The number of ketones is 1. The number of Topliss-reactive ketones (excluding diaryl/α,β-unsaturated/α-hetero) is 1. The standard InChI is InChI=1S/C21H25NO3S/c1-15-10-16(2)21(17(3)11-15)26(24,25)14-20(23)13-22-9-8-18-6-4-5-7-19(18)12-22/h4-7,10-11H,8-9,12-14H2,1-3H3. The number of hydrogen-bond donors (Lipinski definition) is 0. The maximum absolute atomic E-state index is 12.8. The van der Waals surface area contributed by atoms with E-state index in [1.165, 1.54) is 11.1 Å². The van der Waals surface area contributed by atoms with Crippen molar-refractivity contribution in [3.63, 3.8) is 0 Å². The van der Waals surface area contributed by atoms with E-state index in [2.05, 4.69) is 12.1 Å². The molecule has 2 aromatic carbocycles. The lowest BCUT2D eigenvalue weighted by Gasteiger charge is -2.28. The fourth-order valence-corrected chi connectivity index (χ4v) is 5.68. The highest BCUT2D eigenvalue weighted by Crippen LogP contribution is 2.23. The van der Waals surface area contributed by atoms with Crippen molar-refractivity contribution in [2.45, 2.75) is 38.6 Å². The number of aryl methyl sites for hydroxylation is 3. The summed E-state index contributed by atoms with van der Waals surface area (Å²) in [4.78, 5) is 14.8. The van der Waals surface area contributed by atoms with Gasteiger partial charge in [-0.05, 0) is 49.4 Å². The average Bonchev–Trinajstić information content (AvgIpc) is 2.52. The van der Waals surface area contributed by atoms with Crippen LogP contribution in [0.2, 0.25) is 0 Å². The largest absolute Gasteiger partial charge is 0.297 e. The lowest BCUT2D eigenvalue weighted by molar-refractivity contribution is -0.118. The predicted octanol–water partition coefficient (Wildman–Crippen LogP) is 3.01. The topological polar surface area (TPSA) is 54.5 Å². The van der Waals surface area contributed by atoms with Gasteiger partial charge in [-0.2, -0.15) is 0 Å². The van der Waals surface area contributed by atoms with E-state index in [9.17, 15) is 13.2 Å². The second-order valence-electron chi connectivity index (χ2n) is 7.25. The highest BCUT2D eigenvalue weighted by Gasteiger charge is 2.25. The van der Waals surface area contributed by atoms with Gasteiger partial charge in [-0.3, -0.25) is 9.69 Å². The van der Waals surface area contributed by atoms with Crippen LogP contribution in [0.15, 0.2) is 41.3 Å². The van der Waals surface area contributed by atoms with Crippen LogP contribution >= 0.6 is 0 Å². The van der Waals surface area contributed by atoms with Gasteiger partial charge in [0.2, 0.25) is 0 Å². The van der Waals surface area contributed by atoms with Crippen LogP contribution in [0.1, 0.15) is 27.8 Å². The van der Waals surface area contributed by atoms with Gasteiger partial charge in [0.1, 0.15) is 5.75 Å². The summed E-state index contributed by atoms with van der Waals surface area (Å²) in [6.07, 6.45) is 0.895. The molecule has 0 saturated carbocycles.